The topological polar surface area (TPSA) is 84.7 Å². The van der Waals surface area contributed by atoms with Crippen LogP contribution in [0, 0.1) is 0 Å². The average molecular weight is 266 g/mol. The lowest BCUT2D eigenvalue weighted by atomic mass is 10.2. The number of amides is 1. The fourth-order valence-electron chi connectivity index (χ4n) is 1.54. The van der Waals surface area contributed by atoms with Crippen LogP contribution < -0.4 is 5.73 Å². The van der Waals surface area contributed by atoms with Crippen LogP contribution in [0.5, 0.6) is 0 Å². The van der Waals surface area contributed by atoms with Gasteiger partial charge in [-0.3, -0.25) is 14.9 Å². The van der Waals surface area contributed by atoms with E-state index in [0.29, 0.717) is 5.56 Å². The lowest BCUT2D eigenvalue weighted by Crippen LogP contribution is -2.10. The highest BCUT2D eigenvalue weighted by atomic mass is 16.1. The molecule has 3 N–H and O–H groups in total. The number of nitrogens with two attached hydrogens (primary N) is 1. The summed E-state index contributed by atoms with van der Waals surface area (Å²) >= 11 is 0. The first-order valence-electron chi connectivity index (χ1n) is 6.02. The van der Waals surface area contributed by atoms with Crippen LogP contribution in [0.2, 0.25) is 0 Å². The van der Waals surface area contributed by atoms with Crippen molar-refractivity contribution >= 4 is 5.91 Å². The Morgan fingerprint density at radius 3 is 2.35 bits per heavy atom. The zero-order valence-electron chi connectivity index (χ0n) is 10.7. The third-order valence-corrected chi connectivity index (χ3v) is 2.52. The second-order valence-corrected chi connectivity index (χ2v) is 3.93. The van der Waals surface area contributed by atoms with Gasteiger partial charge in [0.2, 0.25) is 5.91 Å². The summed E-state index contributed by atoms with van der Waals surface area (Å²) in [4.78, 5) is 14.1. The molecule has 0 radical (unpaired) electrons. The highest BCUT2D eigenvalue weighted by Gasteiger charge is 1.95. The third-order valence-electron chi connectivity index (χ3n) is 2.52. The lowest BCUT2D eigenvalue weighted by Gasteiger charge is -1.91. The first-order chi connectivity index (χ1) is 9.77. The molecule has 0 saturated carbocycles. The van der Waals surface area contributed by atoms with Crippen molar-refractivity contribution in [2.45, 2.75) is 0 Å². The number of carbonyl (C=O) groups is 1. The average Bonchev–Trinajstić information content (AvgIpc) is 3.04. The van der Waals surface area contributed by atoms with Crippen LogP contribution >= 0.6 is 0 Å². The molecule has 0 bridgehead atoms. The zero-order chi connectivity index (χ0) is 14.2. The van der Waals surface area contributed by atoms with Gasteiger partial charge in [0.1, 0.15) is 0 Å². The van der Waals surface area contributed by atoms with Gasteiger partial charge in [-0.15, -0.1) is 0 Å². The van der Waals surface area contributed by atoms with Gasteiger partial charge in [-0.1, -0.05) is 30.3 Å². The SMILES string of the molecule is NC(=O)c1cccnc1.c1ccc(-c2cc[nH]n2)cc1. The van der Waals surface area contributed by atoms with E-state index in [4.69, 9.17) is 5.73 Å². The first-order valence-corrected chi connectivity index (χ1v) is 6.02. The molecule has 0 atom stereocenters. The molecule has 1 amide bonds. The molecule has 0 spiro atoms. The Bertz CT molecular complexity index is 636. The Labute approximate surface area is 116 Å². The number of pyridine rings is 1. The Morgan fingerprint density at radius 2 is 1.85 bits per heavy atom. The van der Waals surface area contributed by atoms with Crippen LogP contribution in [0.1, 0.15) is 10.4 Å². The molecule has 1 aromatic carbocycles. The quantitative estimate of drug-likeness (QED) is 0.746. The van der Waals surface area contributed by atoms with Crippen molar-refractivity contribution in [3.63, 3.8) is 0 Å². The van der Waals surface area contributed by atoms with Crippen molar-refractivity contribution in [2.24, 2.45) is 5.73 Å². The van der Waals surface area contributed by atoms with Gasteiger partial charge in [0.15, 0.2) is 0 Å². The highest BCUT2D eigenvalue weighted by molar-refractivity contribution is 5.92. The minimum Gasteiger partial charge on any atom is -0.366 e. The predicted octanol–water partition coefficient (Wildman–Crippen LogP) is 2.26. The molecule has 3 rings (SSSR count). The van der Waals surface area contributed by atoms with Crippen LogP contribution in [0.4, 0.5) is 0 Å². The van der Waals surface area contributed by atoms with Crippen molar-refractivity contribution in [1.82, 2.24) is 15.2 Å². The van der Waals surface area contributed by atoms with Crippen LogP contribution in [-0.2, 0) is 0 Å². The van der Waals surface area contributed by atoms with Gasteiger partial charge >= 0.3 is 0 Å². The van der Waals surface area contributed by atoms with Gasteiger partial charge in [-0.05, 0) is 18.2 Å². The molecule has 0 aliphatic carbocycles. The Morgan fingerprint density at radius 1 is 1.05 bits per heavy atom. The molecule has 5 heteroatoms. The third kappa shape index (κ3) is 3.78. The van der Waals surface area contributed by atoms with E-state index in [-0.39, 0.29) is 0 Å². The standard InChI is InChI=1S/C9H8N2.C6H6N2O/c1-2-4-8(5-3-1)9-6-7-10-11-9;7-6(9)5-2-1-3-8-4-5/h1-7H,(H,10,11);1-4H,(H2,7,9). The van der Waals surface area contributed by atoms with E-state index < -0.39 is 5.91 Å². The molecule has 2 aromatic heterocycles. The van der Waals surface area contributed by atoms with Gasteiger partial charge < -0.3 is 5.73 Å². The minimum absolute atomic E-state index is 0.442. The van der Waals surface area contributed by atoms with Crippen molar-refractivity contribution in [2.75, 3.05) is 0 Å². The fraction of sp³-hybridized carbons (Fsp3) is 0. The fourth-order valence-corrected chi connectivity index (χ4v) is 1.54. The van der Waals surface area contributed by atoms with E-state index in [9.17, 15) is 4.79 Å². The summed E-state index contributed by atoms with van der Waals surface area (Å²) in [6.45, 7) is 0. The number of hydrogen-bond acceptors (Lipinski definition) is 3. The second kappa shape index (κ2) is 6.84. The van der Waals surface area contributed by atoms with Gasteiger partial charge in [0.25, 0.3) is 0 Å². The Kier molecular flexibility index (Phi) is 4.61. The summed E-state index contributed by atoms with van der Waals surface area (Å²) < 4.78 is 0. The predicted molar refractivity (Wildman–Crippen MR) is 76.8 cm³/mol. The molecule has 0 aliphatic rings. The van der Waals surface area contributed by atoms with Crippen LogP contribution in [0.25, 0.3) is 11.3 Å². The molecule has 2 heterocycles. The molecule has 0 fully saturated rings. The summed E-state index contributed by atoms with van der Waals surface area (Å²) in [6.07, 6.45) is 4.84. The van der Waals surface area contributed by atoms with Crippen LogP contribution in [-0.4, -0.2) is 21.1 Å². The summed E-state index contributed by atoms with van der Waals surface area (Å²) in [5.41, 5.74) is 7.52. The van der Waals surface area contributed by atoms with Gasteiger partial charge in [-0.25, -0.2) is 0 Å². The number of aromatic nitrogens is 3. The van der Waals surface area contributed by atoms with E-state index >= 15 is 0 Å². The molecule has 0 unspecified atom stereocenters. The largest absolute Gasteiger partial charge is 0.366 e. The summed E-state index contributed by atoms with van der Waals surface area (Å²) in [6, 6.07) is 15.3. The van der Waals surface area contributed by atoms with Crippen LogP contribution in [0.15, 0.2) is 67.1 Å². The number of H-pyrrole nitrogens is 1. The number of primary amides is 1. The van der Waals surface area contributed by atoms with Crippen molar-refractivity contribution in [3.8, 4) is 11.3 Å². The van der Waals surface area contributed by atoms with Gasteiger partial charge in [0, 0.05) is 24.2 Å². The van der Waals surface area contributed by atoms with Crippen molar-refractivity contribution in [1.29, 1.82) is 0 Å². The number of nitrogens with zero attached hydrogens (tertiary/aromatic N) is 2. The molecule has 100 valence electrons. The lowest BCUT2D eigenvalue weighted by molar-refractivity contribution is 0.1000. The maximum Gasteiger partial charge on any atom is 0.250 e. The number of aromatic amines is 1. The maximum atomic E-state index is 10.4. The minimum atomic E-state index is -0.442. The normalized spacial score (nSPS) is 9.40. The monoisotopic (exact) mass is 266 g/mol. The second-order valence-electron chi connectivity index (χ2n) is 3.93. The van der Waals surface area contributed by atoms with E-state index in [1.807, 2.05) is 42.6 Å². The molecule has 0 aliphatic heterocycles. The molecule has 5 nitrogen and oxygen atoms in total. The Hall–Kier alpha value is -2.95. The van der Waals surface area contributed by atoms with Crippen molar-refractivity contribution < 1.29 is 4.79 Å². The number of benzene rings is 1. The number of carbonyl (C=O) groups excluding carboxylic acids is 1. The van der Waals surface area contributed by atoms with E-state index in [2.05, 4.69) is 15.2 Å². The van der Waals surface area contributed by atoms with E-state index in [1.54, 1.807) is 18.3 Å². The molecule has 3 aromatic rings. The summed E-state index contributed by atoms with van der Waals surface area (Å²) in [7, 11) is 0. The summed E-state index contributed by atoms with van der Waals surface area (Å²) in [5, 5.41) is 6.84. The van der Waals surface area contributed by atoms with E-state index in [0.717, 1.165) is 11.3 Å². The van der Waals surface area contributed by atoms with Crippen LogP contribution in [0.3, 0.4) is 0 Å². The molecule has 20 heavy (non-hydrogen) atoms. The van der Waals surface area contributed by atoms with E-state index in [1.165, 1.54) is 6.20 Å². The molecular formula is C15H14N4O. The van der Waals surface area contributed by atoms with Gasteiger partial charge in [-0.2, -0.15) is 5.10 Å². The van der Waals surface area contributed by atoms with Gasteiger partial charge in [0.05, 0.1) is 11.3 Å². The van der Waals surface area contributed by atoms with Crippen molar-refractivity contribution in [3.05, 3.63) is 72.7 Å². The first kappa shape index (κ1) is 13.5. The molecular weight excluding hydrogens is 252 g/mol. The molecule has 0 saturated heterocycles. The number of hydrogen-bond donors (Lipinski definition) is 2. The smallest absolute Gasteiger partial charge is 0.250 e. The Balaban J connectivity index is 0.000000151. The maximum absolute atomic E-state index is 10.4. The number of nitrogens with one attached hydrogen (secondary N) is 1. The highest BCUT2D eigenvalue weighted by Crippen LogP contribution is 2.13. The zero-order valence-corrected chi connectivity index (χ0v) is 10.7. The summed E-state index contributed by atoms with van der Waals surface area (Å²) in [5.74, 6) is -0.442. The number of rotatable bonds is 2.